The maximum atomic E-state index is 14.7. The summed E-state index contributed by atoms with van der Waals surface area (Å²) in [5, 5.41) is 2.18. The smallest absolute Gasteiger partial charge is 0.266 e. The molecule has 5 aliphatic heterocycles. The van der Waals surface area contributed by atoms with Crippen molar-refractivity contribution in [3.8, 4) is 5.75 Å². The molecule has 4 fully saturated rings. The minimum absolute atomic E-state index is 0.000554. The van der Waals surface area contributed by atoms with Crippen LogP contribution in [0.5, 0.6) is 5.75 Å². The zero-order valence-corrected chi connectivity index (χ0v) is 35.1. The summed E-state index contributed by atoms with van der Waals surface area (Å²) in [5.74, 6) is -2.21. The van der Waals surface area contributed by atoms with Gasteiger partial charge in [-0.1, -0.05) is 30.3 Å². The van der Waals surface area contributed by atoms with E-state index in [4.69, 9.17) is 4.74 Å². The molecule has 3 aromatic rings. The van der Waals surface area contributed by atoms with E-state index in [1.54, 1.807) is 23.1 Å². The second-order valence-corrected chi connectivity index (χ2v) is 17.3. The maximum absolute atomic E-state index is 14.7. The molecule has 3 aromatic carbocycles. The molecular weight excluding hydrogens is 782 g/mol. The third kappa shape index (κ3) is 8.76. The zero-order chi connectivity index (χ0) is 42.9. The summed E-state index contributed by atoms with van der Waals surface area (Å²) in [4.78, 5) is 88.7. The van der Waals surface area contributed by atoms with Gasteiger partial charge in [0, 0.05) is 95.0 Å². The van der Waals surface area contributed by atoms with Gasteiger partial charge in [0.25, 0.3) is 17.7 Å². The lowest BCUT2D eigenvalue weighted by atomic mass is 9.92. The Morgan fingerprint density at radius 3 is 2.21 bits per heavy atom. The Balaban J connectivity index is 0.776. The average Bonchev–Trinajstić information content (AvgIpc) is 3.80. The van der Waals surface area contributed by atoms with Crippen LogP contribution in [0.4, 0.5) is 10.1 Å². The highest BCUT2D eigenvalue weighted by Crippen LogP contribution is 2.35. The number of amides is 6. The van der Waals surface area contributed by atoms with Gasteiger partial charge in [-0.3, -0.25) is 43.9 Å². The number of fused-ring (bicyclic) bond motifs is 1. The number of hydrogen-bond donors (Lipinski definition) is 1. The van der Waals surface area contributed by atoms with Crippen molar-refractivity contribution in [3.63, 3.8) is 0 Å². The second-order valence-electron chi connectivity index (χ2n) is 17.3. The fourth-order valence-corrected chi connectivity index (χ4v) is 9.68. The van der Waals surface area contributed by atoms with Crippen LogP contribution in [-0.2, 0) is 25.7 Å². The molecule has 1 unspecified atom stereocenters. The SMILES string of the molecule is Cc1cccc(F)c1CN1C[C@H](c2ccc(N3CCN(C(=O)CC4CCN(C(=O)COc5cccc6c5C(=O)N(C5CCC(=O)NC5=O)C6=O)CC4)CC3)cc2)[C@@H](N(C)C)C1. The minimum Gasteiger partial charge on any atom is -0.483 e. The van der Waals surface area contributed by atoms with Crippen molar-refractivity contribution < 1.29 is 37.9 Å². The molecule has 322 valence electrons. The predicted octanol–water partition coefficient (Wildman–Crippen LogP) is 3.42. The van der Waals surface area contributed by atoms with E-state index in [0.717, 1.165) is 47.9 Å². The molecule has 61 heavy (non-hydrogen) atoms. The highest BCUT2D eigenvalue weighted by Gasteiger charge is 2.46. The third-order valence-electron chi connectivity index (χ3n) is 13.3. The minimum atomic E-state index is -1.10. The van der Waals surface area contributed by atoms with Crippen LogP contribution in [-0.4, -0.2) is 145 Å². The predicted molar refractivity (Wildman–Crippen MR) is 224 cm³/mol. The van der Waals surface area contributed by atoms with Crippen LogP contribution in [0.15, 0.2) is 60.7 Å². The van der Waals surface area contributed by atoms with Gasteiger partial charge in [0.2, 0.25) is 17.7 Å². The van der Waals surface area contributed by atoms with Gasteiger partial charge in [-0.25, -0.2) is 4.39 Å². The van der Waals surface area contributed by atoms with E-state index in [9.17, 15) is 33.2 Å². The number of ether oxygens (including phenoxy) is 1. The summed E-state index contributed by atoms with van der Waals surface area (Å²) in [6.07, 6.45) is 1.87. The van der Waals surface area contributed by atoms with E-state index >= 15 is 0 Å². The molecule has 8 rings (SSSR count). The standard InChI is InChI=1S/C46H54FN7O7/c1-29-6-4-8-36(47)34(29)25-50-26-35(38(27-50)49(2)3)31-10-12-32(13-11-31)51-20-22-53(23-21-51)41(56)24-30-16-18-52(19-17-30)42(57)28-61-39-9-5-7-33-43(39)46(60)54(45(33)59)37-14-15-40(55)48-44(37)58/h4-13,30,35,37-38H,14-28H2,1-3H3,(H,48,55,58)/t35-,37?,38+/m1/s1. The van der Waals surface area contributed by atoms with Crippen LogP contribution in [0.1, 0.15) is 75.4 Å². The molecule has 1 N–H and O–H groups in total. The number of benzene rings is 3. The Morgan fingerprint density at radius 2 is 1.52 bits per heavy atom. The maximum Gasteiger partial charge on any atom is 0.266 e. The van der Waals surface area contributed by atoms with Crippen LogP contribution in [0.2, 0.25) is 0 Å². The molecular formula is C46H54FN7O7. The number of piperazine rings is 1. The van der Waals surface area contributed by atoms with Crippen LogP contribution in [0, 0.1) is 18.7 Å². The number of likely N-dealkylation sites (N-methyl/N-ethyl adjacent to an activating group) is 1. The molecule has 14 nitrogen and oxygen atoms in total. The molecule has 0 spiro atoms. The number of nitrogens with one attached hydrogen (secondary N) is 1. The van der Waals surface area contributed by atoms with Crippen molar-refractivity contribution in [1.29, 1.82) is 0 Å². The number of carbonyl (C=O) groups excluding carboxylic acids is 6. The second kappa shape index (κ2) is 17.7. The molecule has 4 saturated heterocycles. The van der Waals surface area contributed by atoms with Crippen LogP contribution in [0.3, 0.4) is 0 Å². The Hall–Kier alpha value is -5.67. The fraction of sp³-hybridized carbons (Fsp3) is 0.478. The van der Waals surface area contributed by atoms with Crippen LogP contribution in [0.25, 0.3) is 0 Å². The van der Waals surface area contributed by atoms with Crippen LogP contribution >= 0.6 is 0 Å². The molecule has 0 radical (unpaired) electrons. The first-order valence-electron chi connectivity index (χ1n) is 21.4. The summed E-state index contributed by atoms with van der Waals surface area (Å²) in [6.45, 7) is 7.72. The van der Waals surface area contributed by atoms with Crippen molar-refractivity contribution in [1.82, 2.24) is 29.8 Å². The van der Waals surface area contributed by atoms with E-state index in [2.05, 4.69) is 58.4 Å². The number of piperidine rings is 2. The number of carbonyl (C=O) groups is 6. The normalized spacial score (nSPS) is 22.6. The first-order chi connectivity index (χ1) is 29.4. The van der Waals surface area contributed by atoms with Crippen molar-refractivity contribution in [3.05, 3.63) is 94.3 Å². The van der Waals surface area contributed by atoms with E-state index in [1.165, 1.54) is 17.7 Å². The molecule has 0 saturated carbocycles. The van der Waals surface area contributed by atoms with Gasteiger partial charge in [-0.15, -0.1) is 0 Å². The molecule has 5 heterocycles. The van der Waals surface area contributed by atoms with Gasteiger partial charge >= 0.3 is 0 Å². The highest BCUT2D eigenvalue weighted by molar-refractivity contribution is 6.24. The largest absolute Gasteiger partial charge is 0.483 e. The summed E-state index contributed by atoms with van der Waals surface area (Å²) in [5.41, 5.74) is 4.25. The summed E-state index contributed by atoms with van der Waals surface area (Å²) in [6, 6.07) is 17.9. The number of anilines is 1. The molecule has 0 aromatic heterocycles. The lowest BCUT2D eigenvalue weighted by Crippen LogP contribution is -2.54. The van der Waals surface area contributed by atoms with Crippen molar-refractivity contribution in [2.45, 2.75) is 63.6 Å². The zero-order valence-electron chi connectivity index (χ0n) is 35.1. The summed E-state index contributed by atoms with van der Waals surface area (Å²) >= 11 is 0. The van der Waals surface area contributed by atoms with Crippen molar-refractivity contribution in [2.75, 3.05) is 78.0 Å². The lowest BCUT2D eigenvalue weighted by Gasteiger charge is -2.37. The van der Waals surface area contributed by atoms with Gasteiger partial charge in [-0.2, -0.15) is 0 Å². The Bertz CT molecular complexity index is 2180. The lowest BCUT2D eigenvalue weighted by molar-refractivity contribution is -0.137. The Labute approximate surface area is 355 Å². The number of halogens is 1. The van der Waals surface area contributed by atoms with Gasteiger partial charge < -0.3 is 24.3 Å². The molecule has 0 bridgehead atoms. The van der Waals surface area contributed by atoms with Gasteiger partial charge in [-0.05, 0) is 87.7 Å². The van der Waals surface area contributed by atoms with Gasteiger partial charge in [0.05, 0.1) is 11.1 Å². The number of likely N-dealkylation sites (tertiary alicyclic amines) is 2. The third-order valence-corrected chi connectivity index (χ3v) is 13.3. The summed E-state index contributed by atoms with van der Waals surface area (Å²) < 4.78 is 20.5. The number of aryl methyl sites for hydroxylation is 1. The first kappa shape index (κ1) is 42.0. The van der Waals surface area contributed by atoms with E-state index in [-0.39, 0.29) is 59.9 Å². The first-order valence-corrected chi connectivity index (χ1v) is 21.4. The quantitative estimate of drug-likeness (QED) is 0.286. The van der Waals surface area contributed by atoms with E-state index in [1.807, 2.05) is 17.9 Å². The topological polar surface area (TPSA) is 143 Å². The van der Waals surface area contributed by atoms with E-state index in [0.29, 0.717) is 63.9 Å². The summed E-state index contributed by atoms with van der Waals surface area (Å²) in [7, 11) is 4.23. The van der Waals surface area contributed by atoms with Gasteiger partial charge in [0.1, 0.15) is 17.6 Å². The highest BCUT2D eigenvalue weighted by atomic mass is 19.1. The molecule has 3 atom stereocenters. The average molecular weight is 836 g/mol. The molecule has 5 aliphatic rings. The molecule has 15 heteroatoms. The number of rotatable bonds is 11. The number of nitrogens with zero attached hydrogens (tertiary/aromatic N) is 6. The van der Waals surface area contributed by atoms with Gasteiger partial charge in [0.15, 0.2) is 6.61 Å². The Kier molecular flexibility index (Phi) is 12.2. The number of hydrogen-bond acceptors (Lipinski definition) is 10. The number of imide groups is 2. The molecule has 6 amide bonds. The van der Waals surface area contributed by atoms with Crippen molar-refractivity contribution in [2.24, 2.45) is 5.92 Å². The van der Waals surface area contributed by atoms with E-state index < -0.39 is 29.7 Å². The Morgan fingerprint density at radius 1 is 0.820 bits per heavy atom. The fourth-order valence-electron chi connectivity index (χ4n) is 9.68. The van der Waals surface area contributed by atoms with Crippen molar-refractivity contribution >= 4 is 41.1 Å². The van der Waals surface area contributed by atoms with Crippen LogP contribution < -0.4 is 15.0 Å². The molecule has 0 aliphatic carbocycles. The monoisotopic (exact) mass is 835 g/mol.